The van der Waals surface area contributed by atoms with Gasteiger partial charge in [0, 0.05) is 31.6 Å². The fourth-order valence-corrected chi connectivity index (χ4v) is 3.68. The summed E-state index contributed by atoms with van der Waals surface area (Å²) >= 11 is 5.95. The summed E-state index contributed by atoms with van der Waals surface area (Å²) in [5.74, 6) is -0.625. The molecule has 0 heterocycles. The summed E-state index contributed by atoms with van der Waals surface area (Å²) in [6.07, 6.45) is 1.61. The van der Waals surface area contributed by atoms with Crippen molar-refractivity contribution in [2.45, 2.75) is 30.7 Å². The molecule has 23 heavy (non-hydrogen) atoms. The fourth-order valence-electron chi connectivity index (χ4n) is 1.85. The zero-order valence-electron chi connectivity index (χ0n) is 12.6. The number of amides is 2. The van der Waals surface area contributed by atoms with Crippen molar-refractivity contribution in [1.29, 1.82) is 0 Å². The Morgan fingerprint density at radius 1 is 1.22 bits per heavy atom. The van der Waals surface area contributed by atoms with Crippen LogP contribution in [-0.2, 0) is 14.8 Å². The van der Waals surface area contributed by atoms with Crippen molar-refractivity contribution in [1.82, 2.24) is 15.4 Å². The lowest BCUT2D eigenvalue weighted by atomic mass is 10.2. The minimum absolute atomic E-state index is 0.0498. The van der Waals surface area contributed by atoms with Crippen molar-refractivity contribution in [3.05, 3.63) is 28.8 Å². The molecule has 2 amide bonds. The quantitative estimate of drug-likeness (QED) is 0.621. The van der Waals surface area contributed by atoms with Gasteiger partial charge in [-0.2, -0.15) is 0 Å². The van der Waals surface area contributed by atoms with Gasteiger partial charge in [0.2, 0.25) is 15.9 Å². The minimum atomic E-state index is -3.74. The van der Waals surface area contributed by atoms with Crippen molar-refractivity contribution in [2.24, 2.45) is 0 Å². The number of sulfonamides is 1. The van der Waals surface area contributed by atoms with Crippen molar-refractivity contribution in [3.8, 4) is 0 Å². The van der Waals surface area contributed by atoms with Gasteiger partial charge >= 0.3 is 0 Å². The van der Waals surface area contributed by atoms with Gasteiger partial charge in [-0.25, -0.2) is 13.1 Å². The van der Waals surface area contributed by atoms with Gasteiger partial charge in [-0.3, -0.25) is 9.59 Å². The second-order valence-corrected chi connectivity index (χ2v) is 7.37. The van der Waals surface area contributed by atoms with Crippen molar-refractivity contribution in [3.63, 3.8) is 0 Å². The molecule has 1 fully saturated rings. The molecular formula is C14H18ClN3O4S. The van der Waals surface area contributed by atoms with Crippen LogP contribution in [-0.4, -0.2) is 39.4 Å². The molecule has 7 nitrogen and oxygen atoms in total. The molecule has 1 aromatic rings. The van der Waals surface area contributed by atoms with E-state index in [-0.39, 0.29) is 34.0 Å². The predicted octanol–water partition coefficient (Wildman–Crippen LogP) is 0.647. The average molecular weight is 360 g/mol. The molecule has 0 spiro atoms. The summed E-state index contributed by atoms with van der Waals surface area (Å²) in [6.45, 7) is 1.91. The van der Waals surface area contributed by atoms with Crippen LogP contribution in [0.2, 0.25) is 5.02 Å². The average Bonchev–Trinajstić information content (AvgIpc) is 3.26. The number of hydrogen-bond acceptors (Lipinski definition) is 4. The molecule has 1 aliphatic carbocycles. The molecule has 3 N–H and O–H groups in total. The van der Waals surface area contributed by atoms with E-state index in [9.17, 15) is 18.0 Å². The van der Waals surface area contributed by atoms with Crippen LogP contribution in [0.15, 0.2) is 23.1 Å². The smallest absolute Gasteiger partial charge is 0.251 e. The van der Waals surface area contributed by atoms with Crippen LogP contribution in [0.4, 0.5) is 0 Å². The van der Waals surface area contributed by atoms with Crippen LogP contribution in [0.25, 0.3) is 0 Å². The Kier molecular flexibility index (Phi) is 5.61. The van der Waals surface area contributed by atoms with E-state index in [4.69, 9.17) is 11.6 Å². The number of rotatable bonds is 7. The van der Waals surface area contributed by atoms with E-state index in [1.807, 2.05) is 0 Å². The van der Waals surface area contributed by atoms with E-state index in [2.05, 4.69) is 15.4 Å². The predicted molar refractivity (Wildman–Crippen MR) is 85.8 cm³/mol. The molecule has 0 unspecified atom stereocenters. The van der Waals surface area contributed by atoms with E-state index in [1.165, 1.54) is 25.1 Å². The number of carbonyl (C=O) groups is 2. The lowest BCUT2D eigenvalue weighted by Crippen LogP contribution is -2.33. The molecule has 0 atom stereocenters. The zero-order chi connectivity index (χ0) is 17.0. The van der Waals surface area contributed by atoms with E-state index >= 15 is 0 Å². The monoisotopic (exact) mass is 359 g/mol. The van der Waals surface area contributed by atoms with Gasteiger partial charge in [-0.05, 0) is 31.0 Å². The molecule has 1 saturated carbocycles. The first-order valence-electron chi connectivity index (χ1n) is 7.14. The van der Waals surface area contributed by atoms with Crippen LogP contribution in [0.1, 0.15) is 30.1 Å². The Balaban J connectivity index is 2.06. The van der Waals surface area contributed by atoms with E-state index < -0.39 is 15.9 Å². The molecule has 0 aromatic heterocycles. The summed E-state index contributed by atoms with van der Waals surface area (Å²) in [5, 5.41) is 5.20. The Morgan fingerprint density at radius 3 is 2.48 bits per heavy atom. The molecule has 2 rings (SSSR count). The second-order valence-electron chi connectivity index (χ2n) is 5.28. The molecular weight excluding hydrogens is 342 g/mol. The number of carbonyl (C=O) groups excluding carboxylic acids is 2. The largest absolute Gasteiger partial charge is 0.355 e. The van der Waals surface area contributed by atoms with Crippen LogP contribution in [0.3, 0.4) is 0 Å². The lowest BCUT2D eigenvalue weighted by molar-refractivity contribution is -0.118. The first-order chi connectivity index (χ1) is 10.8. The Morgan fingerprint density at radius 2 is 1.87 bits per heavy atom. The third-order valence-electron chi connectivity index (χ3n) is 3.17. The van der Waals surface area contributed by atoms with Crippen molar-refractivity contribution < 1.29 is 18.0 Å². The van der Waals surface area contributed by atoms with Gasteiger partial charge in [0.15, 0.2) is 0 Å². The lowest BCUT2D eigenvalue weighted by Gasteiger charge is -2.10. The SMILES string of the molecule is CC(=O)NCCNC(=O)c1ccc(Cl)c(S(=O)(=O)NC2CC2)c1. The highest BCUT2D eigenvalue weighted by Gasteiger charge is 2.29. The van der Waals surface area contributed by atoms with Crippen LogP contribution < -0.4 is 15.4 Å². The minimum Gasteiger partial charge on any atom is -0.355 e. The third kappa shape index (κ3) is 5.19. The highest BCUT2D eigenvalue weighted by molar-refractivity contribution is 7.89. The third-order valence-corrected chi connectivity index (χ3v) is 5.17. The molecule has 9 heteroatoms. The second kappa shape index (κ2) is 7.29. The van der Waals surface area contributed by atoms with Gasteiger partial charge in [-0.15, -0.1) is 0 Å². The molecule has 1 aromatic carbocycles. The first kappa shape index (κ1) is 17.7. The van der Waals surface area contributed by atoms with Gasteiger partial charge in [0.05, 0.1) is 5.02 Å². The summed E-state index contributed by atoms with van der Waals surface area (Å²) in [4.78, 5) is 22.7. The maximum absolute atomic E-state index is 12.2. The van der Waals surface area contributed by atoms with Crippen molar-refractivity contribution in [2.75, 3.05) is 13.1 Å². The van der Waals surface area contributed by atoms with Gasteiger partial charge < -0.3 is 10.6 Å². The Bertz CT molecular complexity index is 717. The maximum Gasteiger partial charge on any atom is 0.251 e. The van der Waals surface area contributed by atoms with Gasteiger partial charge in [0.1, 0.15) is 4.90 Å². The molecule has 0 saturated heterocycles. The topological polar surface area (TPSA) is 104 Å². The van der Waals surface area contributed by atoms with E-state index in [0.29, 0.717) is 6.54 Å². The maximum atomic E-state index is 12.2. The molecule has 0 radical (unpaired) electrons. The Hall–Kier alpha value is -1.64. The summed E-state index contributed by atoms with van der Waals surface area (Å²) < 4.78 is 27.0. The molecule has 126 valence electrons. The van der Waals surface area contributed by atoms with Gasteiger partial charge in [0.25, 0.3) is 5.91 Å². The molecule has 0 aliphatic heterocycles. The summed E-state index contributed by atoms with van der Waals surface area (Å²) in [6, 6.07) is 4.03. The normalized spacial score (nSPS) is 14.3. The van der Waals surface area contributed by atoms with E-state index in [0.717, 1.165) is 12.8 Å². The van der Waals surface area contributed by atoms with Gasteiger partial charge in [-0.1, -0.05) is 11.6 Å². The van der Waals surface area contributed by atoms with Crippen LogP contribution in [0, 0.1) is 0 Å². The highest BCUT2D eigenvalue weighted by atomic mass is 35.5. The summed E-state index contributed by atoms with van der Waals surface area (Å²) in [5.41, 5.74) is 0.188. The zero-order valence-corrected chi connectivity index (χ0v) is 14.1. The van der Waals surface area contributed by atoms with E-state index in [1.54, 1.807) is 0 Å². The fraction of sp³-hybridized carbons (Fsp3) is 0.429. The number of hydrogen-bond donors (Lipinski definition) is 3. The standard InChI is InChI=1S/C14H18ClN3O4S/c1-9(19)16-6-7-17-14(20)10-2-5-12(15)13(8-10)23(21,22)18-11-3-4-11/h2,5,8,11,18H,3-4,6-7H2,1H3,(H,16,19)(H,17,20). The first-order valence-corrected chi connectivity index (χ1v) is 9.00. The van der Waals surface area contributed by atoms with Crippen molar-refractivity contribution >= 4 is 33.4 Å². The van der Waals surface area contributed by atoms with Crippen LogP contribution >= 0.6 is 11.6 Å². The van der Waals surface area contributed by atoms with Crippen LogP contribution in [0.5, 0.6) is 0 Å². The number of benzene rings is 1. The molecule has 1 aliphatic rings. The molecule has 0 bridgehead atoms. The number of halogens is 1. The summed E-state index contributed by atoms with van der Waals surface area (Å²) in [7, 11) is -3.74. The Labute approximate surface area is 139 Å². The highest BCUT2D eigenvalue weighted by Crippen LogP contribution is 2.26. The number of nitrogens with one attached hydrogen (secondary N) is 3.